The van der Waals surface area contributed by atoms with Gasteiger partial charge in [0.1, 0.15) is 0 Å². The topological polar surface area (TPSA) is 0 Å². The molecular weight excluding hydrogens is 306 g/mol. The van der Waals surface area contributed by atoms with Crippen molar-refractivity contribution in [1.82, 2.24) is 0 Å². The molecule has 2 aromatic carbocycles. The lowest BCUT2D eigenvalue weighted by molar-refractivity contribution is 1.58. The van der Waals surface area contributed by atoms with Crippen LogP contribution in [0.25, 0.3) is 11.1 Å². The van der Waals surface area contributed by atoms with Crippen LogP contribution in [-0.4, -0.2) is 0 Å². The predicted octanol–water partition coefficient (Wildman–Crippen LogP) is 4.41. The summed E-state index contributed by atoms with van der Waals surface area (Å²) in [5.41, 5.74) is 2.38. The highest BCUT2D eigenvalue weighted by Crippen LogP contribution is 2.22. The van der Waals surface area contributed by atoms with Gasteiger partial charge in [-0.15, -0.1) is 0 Å². The number of benzene rings is 2. The number of rotatable bonds is 1. The van der Waals surface area contributed by atoms with Gasteiger partial charge in [0.05, 0.1) is 0 Å². The van der Waals surface area contributed by atoms with Gasteiger partial charge in [-0.3, -0.25) is 0 Å². The molecule has 0 aliphatic carbocycles. The van der Waals surface area contributed by atoms with Gasteiger partial charge in [0, 0.05) is 8.59 Å². The van der Waals surface area contributed by atoms with Crippen LogP contribution in [0.1, 0.15) is 0 Å². The van der Waals surface area contributed by atoms with Crippen molar-refractivity contribution in [2.45, 2.75) is 0 Å². The fourth-order valence-electron chi connectivity index (χ4n) is 1.26. The molecule has 0 unspecified atom stereocenters. The molecule has 0 heterocycles. The minimum atomic E-state index is 0.769. The lowest BCUT2D eigenvalue weighted by Gasteiger charge is -2.01. The highest BCUT2D eigenvalue weighted by Gasteiger charge is 1.97. The summed E-state index contributed by atoms with van der Waals surface area (Å²) in [4.78, 5) is 0. The summed E-state index contributed by atoms with van der Waals surface area (Å²) < 4.78 is 1.12. The standard InChI is InChI=1S/C12H7ClI/c13-11-6-4-9(5-7-11)10-2-1-3-12(14)8-10/h1-2,4-8H. The zero-order valence-electron chi connectivity index (χ0n) is 7.30. The van der Waals surface area contributed by atoms with E-state index < -0.39 is 0 Å². The largest absolute Gasteiger partial charge is 0.0843 e. The Kier molecular flexibility index (Phi) is 3.08. The van der Waals surface area contributed by atoms with Gasteiger partial charge in [0.2, 0.25) is 0 Å². The number of hydrogen-bond acceptors (Lipinski definition) is 0. The molecule has 2 rings (SSSR count). The minimum absolute atomic E-state index is 0.769. The summed E-state index contributed by atoms with van der Waals surface area (Å²) in [6.07, 6.45) is 0. The van der Waals surface area contributed by atoms with Crippen LogP contribution in [0, 0.1) is 9.64 Å². The minimum Gasteiger partial charge on any atom is -0.0843 e. The summed E-state index contributed by atoms with van der Waals surface area (Å²) in [7, 11) is 0. The van der Waals surface area contributed by atoms with Crippen molar-refractivity contribution >= 4 is 34.2 Å². The van der Waals surface area contributed by atoms with E-state index >= 15 is 0 Å². The molecule has 0 nitrogen and oxygen atoms in total. The van der Waals surface area contributed by atoms with Crippen LogP contribution in [0.4, 0.5) is 0 Å². The van der Waals surface area contributed by atoms with Crippen molar-refractivity contribution in [3.63, 3.8) is 0 Å². The molecule has 0 fully saturated rings. The van der Waals surface area contributed by atoms with Gasteiger partial charge < -0.3 is 0 Å². The molecule has 0 aromatic heterocycles. The zero-order valence-corrected chi connectivity index (χ0v) is 10.2. The molecule has 2 heteroatoms. The third-order valence-corrected chi connectivity index (χ3v) is 2.82. The fourth-order valence-corrected chi connectivity index (χ4v) is 1.90. The predicted molar refractivity (Wildman–Crippen MR) is 68.4 cm³/mol. The molecular formula is C12H7ClI. The maximum atomic E-state index is 5.82. The second kappa shape index (κ2) is 4.32. The van der Waals surface area contributed by atoms with E-state index in [4.69, 9.17) is 11.6 Å². The molecule has 2 aromatic rings. The SMILES string of the molecule is Clc1ccc(-c2cc[c]c(I)c2)cc1. The second-order valence-electron chi connectivity index (χ2n) is 2.93. The van der Waals surface area contributed by atoms with Gasteiger partial charge in [0.15, 0.2) is 0 Å². The Balaban J connectivity index is 2.44. The Bertz CT molecular complexity index is 434. The number of hydrogen-bond donors (Lipinski definition) is 0. The lowest BCUT2D eigenvalue weighted by Crippen LogP contribution is -1.78. The van der Waals surface area contributed by atoms with Crippen LogP contribution in [0.5, 0.6) is 0 Å². The summed E-state index contributed by atoms with van der Waals surface area (Å²) in [6, 6.07) is 17.0. The molecule has 0 bridgehead atoms. The van der Waals surface area contributed by atoms with Crippen LogP contribution < -0.4 is 0 Å². The van der Waals surface area contributed by atoms with E-state index in [1.54, 1.807) is 0 Å². The molecule has 0 aliphatic rings. The Labute approximate surface area is 102 Å². The third-order valence-electron chi connectivity index (χ3n) is 1.94. The van der Waals surface area contributed by atoms with Crippen LogP contribution in [0.2, 0.25) is 5.02 Å². The Morgan fingerprint density at radius 3 is 2.36 bits per heavy atom. The highest BCUT2D eigenvalue weighted by molar-refractivity contribution is 14.1. The average Bonchev–Trinajstić information content (AvgIpc) is 2.19. The zero-order chi connectivity index (χ0) is 9.97. The van der Waals surface area contributed by atoms with Crippen molar-refractivity contribution in [3.05, 3.63) is 57.1 Å². The molecule has 69 valence electrons. The summed E-state index contributed by atoms with van der Waals surface area (Å²) in [6.45, 7) is 0. The Hall–Kier alpha value is -0.540. The second-order valence-corrected chi connectivity index (χ2v) is 4.53. The van der Waals surface area contributed by atoms with Crippen molar-refractivity contribution in [2.24, 2.45) is 0 Å². The van der Waals surface area contributed by atoms with E-state index in [-0.39, 0.29) is 0 Å². The molecule has 1 radical (unpaired) electrons. The van der Waals surface area contributed by atoms with Gasteiger partial charge in [-0.2, -0.15) is 0 Å². The van der Waals surface area contributed by atoms with Crippen LogP contribution in [-0.2, 0) is 0 Å². The van der Waals surface area contributed by atoms with Crippen molar-refractivity contribution < 1.29 is 0 Å². The summed E-state index contributed by atoms with van der Waals surface area (Å²) in [5, 5.41) is 0.769. The molecule has 0 saturated heterocycles. The molecule has 0 atom stereocenters. The molecule has 0 saturated carbocycles. The fraction of sp³-hybridized carbons (Fsp3) is 0. The smallest absolute Gasteiger partial charge is 0.0406 e. The third kappa shape index (κ3) is 2.28. The van der Waals surface area contributed by atoms with E-state index in [1.165, 1.54) is 11.1 Å². The molecule has 0 amide bonds. The van der Waals surface area contributed by atoms with Crippen molar-refractivity contribution in [3.8, 4) is 11.1 Å². The first-order chi connectivity index (χ1) is 6.75. The quantitative estimate of drug-likeness (QED) is 0.684. The maximum absolute atomic E-state index is 5.82. The van der Waals surface area contributed by atoms with E-state index in [1.807, 2.05) is 36.4 Å². The van der Waals surface area contributed by atoms with Crippen molar-refractivity contribution in [1.29, 1.82) is 0 Å². The number of halogens is 2. The van der Waals surface area contributed by atoms with Crippen LogP contribution in [0.15, 0.2) is 42.5 Å². The van der Waals surface area contributed by atoms with Gasteiger partial charge in [-0.1, -0.05) is 35.9 Å². The first-order valence-electron chi connectivity index (χ1n) is 4.19. The van der Waals surface area contributed by atoms with E-state index in [0.717, 1.165) is 8.59 Å². The van der Waals surface area contributed by atoms with E-state index in [0.29, 0.717) is 0 Å². The average molecular weight is 314 g/mol. The van der Waals surface area contributed by atoms with E-state index in [9.17, 15) is 0 Å². The van der Waals surface area contributed by atoms with Crippen LogP contribution in [0.3, 0.4) is 0 Å². The Morgan fingerprint density at radius 2 is 1.71 bits per heavy atom. The monoisotopic (exact) mass is 313 g/mol. The molecule has 0 aliphatic heterocycles. The lowest BCUT2D eigenvalue weighted by atomic mass is 10.1. The normalized spacial score (nSPS) is 10.1. The summed E-state index contributed by atoms with van der Waals surface area (Å²) in [5.74, 6) is 0. The molecule has 0 spiro atoms. The molecule has 0 N–H and O–H groups in total. The van der Waals surface area contributed by atoms with Gasteiger partial charge in [0.25, 0.3) is 0 Å². The first-order valence-corrected chi connectivity index (χ1v) is 5.64. The highest BCUT2D eigenvalue weighted by atomic mass is 127. The van der Waals surface area contributed by atoms with Gasteiger partial charge >= 0.3 is 0 Å². The molecule has 14 heavy (non-hydrogen) atoms. The maximum Gasteiger partial charge on any atom is 0.0406 e. The van der Waals surface area contributed by atoms with Crippen LogP contribution >= 0.6 is 34.2 Å². The van der Waals surface area contributed by atoms with Crippen molar-refractivity contribution in [2.75, 3.05) is 0 Å². The van der Waals surface area contributed by atoms with E-state index in [2.05, 4.69) is 34.7 Å². The van der Waals surface area contributed by atoms with Gasteiger partial charge in [-0.25, -0.2) is 0 Å². The first kappa shape index (κ1) is 9.99. The summed E-state index contributed by atoms with van der Waals surface area (Å²) >= 11 is 8.08. The Morgan fingerprint density at radius 1 is 1.00 bits per heavy atom. The van der Waals surface area contributed by atoms with Gasteiger partial charge in [-0.05, 0) is 58.0 Å².